The molecule has 1 aromatic carbocycles. The molecule has 0 radical (unpaired) electrons. The van der Waals surface area contributed by atoms with Gasteiger partial charge in [0, 0.05) is 86.6 Å². The van der Waals surface area contributed by atoms with Crippen LogP contribution in [0.2, 0.25) is 0 Å². The van der Waals surface area contributed by atoms with E-state index in [0.29, 0.717) is 45.4 Å². The van der Waals surface area contributed by atoms with Crippen LogP contribution >= 0.6 is 21.6 Å². The summed E-state index contributed by atoms with van der Waals surface area (Å²) in [5, 5.41) is 61.5. The minimum absolute atomic E-state index is 0.0201. The highest BCUT2D eigenvalue weighted by atomic mass is 33.1. The summed E-state index contributed by atoms with van der Waals surface area (Å²) in [6.07, 6.45) is 0.861. The Kier molecular flexibility index (Phi) is 23.8. The number of amides is 1. The van der Waals surface area contributed by atoms with Gasteiger partial charge >= 0.3 is 5.97 Å². The molecule has 5 heterocycles. The highest BCUT2D eigenvalue weighted by molar-refractivity contribution is 8.77. The number of aliphatic hydroxyl groups excluding tert-OH is 2. The van der Waals surface area contributed by atoms with Gasteiger partial charge < -0.3 is 59.1 Å². The normalized spacial score (nSPS) is 38.9. The molecule has 1 unspecified atom stereocenters. The first-order chi connectivity index (χ1) is 36.8. The molecule has 4 saturated heterocycles. The van der Waals surface area contributed by atoms with Crippen molar-refractivity contribution in [3.05, 3.63) is 36.0 Å². The van der Waals surface area contributed by atoms with Gasteiger partial charge in [-0.05, 0) is 119 Å². The third kappa shape index (κ3) is 16.6. The van der Waals surface area contributed by atoms with Crippen LogP contribution in [0.25, 0.3) is 11.3 Å². The molecule has 0 bridgehead atoms. The van der Waals surface area contributed by atoms with Crippen LogP contribution in [0.3, 0.4) is 0 Å². The van der Waals surface area contributed by atoms with Crippen LogP contribution in [-0.4, -0.2) is 187 Å². The molecule has 4 fully saturated rings. The largest absolute Gasteiger partial charge is 0.459 e. The van der Waals surface area contributed by atoms with E-state index in [-0.39, 0.29) is 42.8 Å². The van der Waals surface area contributed by atoms with Crippen LogP contribution in [0.1, 0.15) is 146 Å². The Hall–Kier alpha value is -2.44. The van der Waals surface area contributed by atoms with Gasteiger partial charge in [-0.15, -0.1) is 5.10 Å². The molecule has 18 nitrogen and oxygen atoms in total. The predicted octanol–water partition coefficient (Wildman–Crippen LogP) is 7.23. The average Bonchev–Trinajstić information content (AvgIpc) is 4.13. The van der Waals surface area contributed by atoms with Crippen molar-refractivity contribution in [3.8, 4) is 11.3 Å². The maximum Gasteiger partial charge on any atom is 0.311 e. The first kappa shape index (κ1) is 64.7. The Balaban J connectivity index is 1.16. The van der Waals surface area contributed by atoms with Crippen LogP contribution in [0.4, 0.5) is 0 Å². The zero-order valence-electron chi connectivity index (χ0n) is 49.3. The van der Waals surface area contributed by atoms with Crippen LogP contribution < -0.4 is 5.32 Å². The van der Waals surface area contributed by atoms with Crippen LogP contribution in [0.15, 0.2) is 30.5 Å². The molecule has 2 aromatic rings. The fourth-order valence-electron chi connectivity index (χ4n) is 12.3. The van der Waals surface area contributed by atoms with E-state index >= 15 is 0 Å². The summed E-state index contributed by atoms with van der Waals surface area (Å²) in [6, 6.07) is 7.18. The third-order valence-electron chi connectivity index (χ3n) is 17.7. The molecule has 1 aromatic heterocycles. The quantitative estimate of drug-likeness (QED) is 0.0532. The maximum absolute atomic E-state index is 14.6. The fourth-order valence-corrected chi connectivity index (χ4v) is 15.4. The van der Waals surface area contributed by atoms with Gasteiger partial charge in [-0.25, -0.2) is 0 Å². The van der Waals surface area contributed by atoms with E-state index in [0.717, 1.165) is 41.3 Å². The van der Waals surface area contributed by atoms with Crippen molar-refractivity contribution in [2.75, 3.05) is 40.0 Å². The lowest BCUT2D eigenvalue weighted by Gasteiger charge is -2.49. The molecule has 4 aliphatic heterocycles. The number of cyclic esters (lactones) is 1. The molecule has 78 heavy (non-hydrogen) atoms. The lowest BCUT2D eigenvalue weighted by molar-refractivity contribution is -0.314. The number of hydrogen-bond acceptors (Lipinski definition) is 18. The molecule has 1 amide bonds. The number of hydrogen-bond donors (Lipinski definition) is 5. The van der Waals surface area contributed by atoms with E-state index in [9.17, 15) is 30.0 Å². The number of carbonyl (C=O) groups excluding carboxylic acids is 2. The van der Waals surface area contributed by atoms with Crippen molar-refractivity contribution < 1.29 is 58.4 Å². The lowest BCUT2D eigenvalue weighted by Crippen LogP contribution is -2.60. The Labute approximate surface area is 473 Å². The Morgan fingerprint density at radius 3 is 2.37 bits per heavy atom. The van der Waals surface area contributed by atoms with Gasteiger partial charge in [-0.3, -0.25) is 19.2 Å². The highest BCUT2D eigenvalue weighted by Crippen LogP contribution is 2.43. The number of benzene rings is 1. The van der Waals surface area contributed by atoms with Gasteiger partial charge in [0.1, 0.15) is 29.6 Å². The number of likely N-dealkylation sites (N-methyl/N-ethyl adjacent to an activating group) is 2. The molecule has 6 rings (SSSR count). The monoisotopic (exact) mass is 1130 g/mol. The molecule has 5 N–H and O–H groups in total. The molecule has 0 spiro atoms. The minimum Gasteiger partial charge on any atom is -0.459 e. The average molecular weight is 1140 g/mol. The molecule has 444 valence electrons. The highest BCUT2D eigenvalue weighted by Gasteiger charge is 2.52. The zero-order valence-corrected chi connectivity index (χ0v) is 51.0. The summed E-state index contributed by atoms with van der Waals surface area (Å²) >= 11 is 0. The Morgan fingerprint density at radius 2 is 1.71 bits per heavy atom. The molecular formula is C58H98N6O12S2. The molecule has 20 heteroatoms. The van der Waals surface area contributed by atoms with Gasteiger partial charge in [0.15, 0.2) is 12.6 Å². The second-order valence-corrected chi connectivity index (χ2v) is 27.1. The van der Waals surface area contributed by atoms with E-state index in [1.54, 1.807) is 27.9 Å². The van der Waals surface area contributed by atoms with Gasteiger partial charge in [-0.2, -0.15) is 0 Å². The second kappa shape index (κ2) is 28.7. The number of unbranched alkanes of at least 4 members (excludes halogenated alkanes) is 1. The SMILES string of the molecule is CC[C@@H]1OC(=O)[C@@H](C)[C@H](O[C@H]2C[C@@](C)(OC)[C@@H](C)[C@H](C)O2)[C@@H](C)[C@H](O[C@H]2O[C@@H](C)C[C@@H](N(C)Cc3ccc(-c4cn(CCCNC(=O)CCCC[C@H]5CCSS5)nn4)cc3)[C@@H]2O)C(C)(O)C[C@H](C)CN(C)[C@@H](C)[C@H](O)[C@@]1(C)O. The second-order valence-electron chi connectivity index (χ2n) is 24.3. The Morgan fingerprint density at radius 1 is 0.987 bits per heavy atom. The van der Waals surface area contributed by atoms with E-state index in [2.05, 4.69) is 27.5 Å². The van der Waals surface area contributed by atoms with Crippen molar-refractivity contribution in [1.29, 1.82) is 0 Å². The van der Waals surface area contributed by atoms with Crippen molar-refractivity contribution in [2.45, 2.75) is 243 Å². The summed E-state index contributed by atoms with van der Waals surface area (Å²) in [4.78, 5) is 31.0. The standard InChI is InChI=1S/C58H98N6O12S2/c1-15-47-58(11,70)52(67)40(7)62(12)32-35(2)30-56(9,69)53(37(4)51(38(5)54(68)74-47)75-49-31-57(10,71-14)39(6)41(8)73-49)76-55-50(66)46(29-36(3)72-55)63(13)33-42-21-23-43(24-22-42)45-34-64(61-60-45)27-18-26-59-48(65)20-17-16-19-44-25-28-77-78-44/h21-24,34-41,44,46-47,49-53,55,66-67,69-70H,15-20,25-33H2,1-14H3,(H,59,65)/t35-,36-,37+,38-,39-,40-,41-,44-,46+,47-,49-,50-,51+,52-,53-,55+,56?,57+,58-/m0/s1. The zero-order chi connectivity index (χ0) is 57.3. The van der Waals surface area contributed by atoms with Crippen molar-refractivity contribution in [2.24, 2.45) is 23.7 Å². The maximum atomic E-state index is 14.6. The van der Waals surface area contributed by atoms with E-state index in [4.69, 9.17) is 28.4 Å². The topological polar surface area (TPSA) is 220 Å². The number of aromatic nitrogens is 3. The number of nitrogens with one attached hydrogen (secondary N) is 1. The smallest absolute Gasteiger partial charge is 0.311 e. The number of rotatable bonds is 19. The first-order valence-electron chi connectivity index (χ1n) is 28.9. The first-order valence-corrected chi connectivity index (χ1v) is 31.3. The number of nitrogens with zero attached hydrogens (tertiary/aromatic N) is 5. The minimum atomic E-state index is -1.81. The molecule has 0 aliphatic carbocycles. The van der Waals surface area contributed by atoms with Crippen molar-refractivity contribution >= 4 is 33.5 Å². The Bertz CT molecular complexity index is 2170. The van der Waals surface area contributed by atoms with Gasteiger partial charge in [-0.1, -0.05) is 85.2 Å². The van der Waals surface area contributed by atoms with Crippen LogP contribution in [0, 0.1) is 23.7 Å². The van der Waals surface area contributed by atoms with Crippen molar-refractivity contribution in [1.82, 2.24) is 30.1 Å². The summed E-state index contributed by atoms with van der Waals surface area (Å²) in [6.45, 7) is 22.6. The fraction of sp³-hybridized carbons (Fsp3) is 0.828. The van der Waals surface area contributed by atoms with Gasteiger partial charge in [0.2, 0.25) is 5.91 Å². The predicted molar refractivity (Wildman–Crippen MR) is 305 cm³/mol. The number of aryl methyl sites for hydroxylation is 1. The van der Waals surface area contributed by atoms with Crippen LogP contribution in [-0.2, 0) is 51.1 Å². The number of esters is 1. The lowest BCUT2D eigenvalue weighted by atomic mass is 9.77. The molecular weight excluding hydrogens is 1040 g/mol. The summed E-state index contributed by atoms with van der Waals surface area (Å²) in [5.74, 6) is -1.21. The number of methoxy groups -OCH3 is 1. The number of ether oxygens (including phenoxy) is 6. The number of carbonyl (C=O) groups is 2. The molecule has 4 aliphatic rings. The van der Waals surface area contributed by atoms with Crippen molar-refractivity contribution in [3.63, 3.8) is 0 Å². The van der Waals surface area contributed by atoms with E-state index in [1.165, 1.54) is 25.5 Å². The summed E-state index contributed by atoms with van der Waals surface area (Å²) in [7, 11) is 9.45. The molecule has 0 saturated carbocycles. The van der Waals surface area contributed by atoms with E-state index < -0.39 is 89.8 Å². The third-order valence-corrected chi connectivity index (χ3v) is 20.7. The van der Waals surface area contributed by atoms with Gasteiger partial charge in [0.25, 0.3) is 0 Å². The van der Waals surface area contributed by atoms with Gasteiger partial charge in [0.05, 0.1) is 47.7 Å². The van der Waals surface area contributed by atoms with E-state index in [1.807, 2.05) is 117 Å². The summed E-state index contributed by atoms with van der Waals surface area (Å²) < 4.78 is 41.0. The van der Waals surface area contributed by atoms with Crippen LogP contribution in [0.5, 0.6) is 0 Å². The number of aliphatic hydroxyl groups is 4. The molecule has 19 atom stereocenters. The summed E-state index contributed by atoms with van der Waals surface area (Å²) in [5.41, 5.74) is -1.33.